The van der Waals surface area contributed by atoms with Gasteiger partial charge in [0.05, 0.1) is 11.9 Å². The zero-order chi connectivity index (χ0) is 22.1. The summed E-state index contributed by atoms with van der Waals surface area (Å²) in [5.74, 6) is 0. The third-order valence-electron chi connectivity index (χ3n) is 3.36. The highest BCUT2D eigenvalue weighted by Crippen LogP contribution is 2.17. The second kappa shape index (κ2) is 16.4. The Hall–Kier alpha value is -2.51. The minimum absolute atomic E-state index is 0.250. The van der Waals surface area contributed by atoms with Gasteiger partial charge in [0.25, 0.3) is 0 Å². The van der Waals surface area contributed by atoms with Crippen LogP contribution in [0.15, 0.2) is 52.8 Å². The van der Waals surface area contributed by atoms with Crippen molar-refractivity contribution in [3.05, 3.63) is 69.7 Å². The first kappa shape index (κ1) is 26.5. The summed E-state index contributed by atoms with van der Waals surface area (Å²) in [6.07, 6.45) is 5.97. The van der Waals surface area contributed by atoms with Crippen LogP contribution < -0.4 is 5.73 Å². The van der Waals surface area contributed by atoms with Crippen molar-refractivity contribution in [3.8, 4) is 0 Å². The molecular formula is C21H28ClN3O3S. The highest BCUT2D eigenvalue weighted by Gasteiger charge is 2.09. The summed E-state index contributed by atoms with van der Waals surface area (Å²) in [7, 11) is 1.53. The summed E-state index contributed by atoms with van der Waals surface area (Å²) >= 11 is 7.68. The van der Waals surface area contributed by atoms with Gasteiger partial charge in [-0.25, -0.2) is 0 Å². The van der Waals surface area contributed by atoms with Gasteiger partial charge in [0, 0.05) is 16.1 Å². The van der Waals surface area contributed by atoms with Gasteiger partial charge in [0.15, 0.2) is 0 Å². The van der Waals surface area contributed by atoms with Crippen molar-refractivity contribution in [2.24, 2.45) is 16.0 Å². The van der Waals surface area contributed by atoms with Gasteiger partial charge in [-0.2, -0.15) is 11.8 Å². The quantitative estimate of drug-likeness (QED) is 0.404. The summed E-state index contributed by atoms with van der Waals surface area (Å²) in [5, 5.41) is 8.67. The molecule has 0 bridgehead atoms. The lowest BCUT2D eigenvalue weighted by Crippen LogP contribution is -2.04. The molecule has 0 aliphatic carbocycles. The molecule has 2 rings (SSSR count). The maximum absolute atomic E-state index is 8.58. The molecule has 0 atom stereocenters. The smallest absolute Gasteiger partial charge is 0.204 e. The summed E-state index contributed by atoms with van der Waals surface area (Å²) in [4.78, 5) is 18.9. The van der Waals surface area contributed by atoms with Crippen LogP contribution in [0.5, 0.6) is 0 Å². The van der Waals surface area contributed by atoms with Gasteiger partial charge < -0.3 is 15.4 Å². The van der Waals surface area contributed by atoms with Crippen LogP contribution in [-0.2, 0) is 21.1 Å². The fourth-order valence-corrected chi connectivity index (χ4v) is 2.40. The average molecular weight is 438 g/mol. The van der Waals surface area contributed by atoms with E-state index in [4.69, 9.17) is 26.1 Å². The topological polar surface area (TPSA) is 86.3 Å². The number of aryl methyl sites for hydroxylation is 1. The molecule has 1 amide bonds. The van der Waals surface area contributed by atoms with Gasteiger partial charge in [-0.15, -0.1) is 0 Å². The second-order valence-corrected chi connectivity index (χ2v) is 6.82. The van der Waals surface area contributed by atoms with Gasteiger partial charge in [-0.05, 0) is 49.6 Å². The summed E-state index contributed by atoms with van der Waals surface area (Å²) in [5.41, 5.74) is 9.00. The number of carbonyl (C=O) groups is 1. The number of amides is 1. The first-order valence-corrected chi connectivity index (χ1v) is 10.6. The van der Waals surface area contributed by atoms with Crippen LogP contribution in [-0.4, -0.2) is 38.0 Å². The Morgan fingerprint density at radius 3 is 2.45 bits per heavy atom. The number of halogens is 1. The molecule has 0 spiro atoms. The molecule has 0 unspecified atom stereocenters. The Labute approximate surface area is 182 Å². The highest BCUT2D eigenvalue weighted by atomic mass is 35.5. The Balaban J connectivity index is 0.00000116. The minimum Gasteiger partial charge on any atom is -0.399 e. The van der Waals surface area contributed by atoms with E-state index in [0.717, 1.165) is 28.0 Å². The van der Waals surface area contributed by atoms with E-state index < -0.39 is 0 Å². The standard InChI is InChI=1S/C18H19ClN2O2.C2H6S.CH3NO/c1-13-6-4-9-17(14(2)21-22-3)18(13)12-23-20-11-15-7-5-8-16(19)10-15;1-3-2;2-1-3/h4-11H,12H2,1-3H3;1-2H3;1H,(H2,2,3)/b20-11+,21-14-;;. The first-order valence-electron chi connectivity index (χ1n) is 8.58. The molecule has 2 aromatic carbocycles. The minimum atomic E-state index is 0.250. The number of hydrogen-bond donors (Lipinski definition) is 1. The zero-order valence-electron chi connectivity index (χ0n) is 17.4. The van der Waals surface area contributed by atoms with Gasteiger partial charge in [-0.1, -0.05) is 52.2 Å². The monoisotopic (exact) mass is 437 g/mol. The fourth-order valence-electron chi connectivity index (χ4n) is 2.21. The maximum atomic E-state index is 8.58. The lowest BCUT2D eigenvalue weighted by atomic mass is 10.00. The third kappa shape index (κ3) is 11.2. The Kier molecular flexibility index (Phi) is 15.0. The highest BCUT2D eigenvalue weighted by molar-refractivity contribution is 7.97. The van der Waals surface area contributed by atoms with E-state index in [1.165, 1.54) is 7.11 Å². The SMILES string of the molecule is CO/N=C(/C)c1cccc(C)c1CO/N=C/c1cccc(Cl)c1.CSC.NC=O. The Morgan fingerprint density at radius 1 is 1.24 bits per heavy atom. The van der Waals surface area contributed by atoms with Crippen LogP contribution in [0.25, 0.3) is 0 Å². The molecule has 0 fully saturated rings. The van der Waals surface area contributed by atoms with Crippen molar-refractivity contribution in [1.29, 1.82) is 0 Å². The first-order chi connectivity index (χ1) is 13.9. The molecule has 2 aromatic rings. The number of hydrogen-bond acceptors (Lipinski definition) is 6. The second-order valence-electron chi connectivity index (χ2n) is 5.57. The molecule has 0 heterocycles. The number of benzene rings is 2. The normalized spacial score (nSPS) is 10.3. The summed E-state index contributed by atoms with van der Waals surface area (Å²) in [6.45, 7) is 4.29. The van der Waals surface area contributed by atoms with Crippen molar-refractivity contribution in [1.82, 2.24) is 0 Å². The van der Waals surface area contributed by atoms with Crippen LogP contribution in [0.1, 0.15) is 29.2 Å². The van der Waals surface area contributed by atoms with E-state index in [-0.39, 0.29) is 6.41 Å². The molecule has 29 heavy (non-hydrogen) atoms. The largest absolute Gasteiger partial charge is 0.399 e. The number of rotatable bonds is 6. The molecule has 0 radical (unpaired) electrons. The molecule has 8 heteroatoms. The van der Waals surface area contributed by atoms with Crippen molar-refractivity contribution >= 4 is 41.7 Å². The predicted molar refractivity (Wildman–Crippen MR) is 124 cm³/mol. The molecule has 0 aromatic heterocycles. The molecule has 158 valence electrons. The van der Waals surface area contributed by atoms with Crippen molar-refractivity contribution in [2.45, 2.75) is 20.5 Å². The van der Waals surface area contributed by atoms with Crippen LogP contribution in [0.2, 0.25) is 5.02 Å². The van der Waals surface area contributed by atoms with E-state index in [9.17, 15) is 0 Å². The summed E-state index contributed by atoms with van der Waals surface area (Å²) < 4.78 is 0. The van der Waals surface area contributed by atoms with E-state index in [0.29, 0.717) is 11.6 Å². The molecule has 0 aliphatic heterocycles. The van der Waals surface area contributed by atoms with Crippen molar-refractivity contribution in [2.75, 3.05) is 19.6 Å². The molecule has 0 saturated heterocycles. The van der Waals surface area contributed by atoms with Gasteiger partial charge in [0.2, 0.25) is 6.41 Å². The number of nitrogens with two attached hydrogens (primary N) is 1. The van der Waals surface area contributed by atoms with E-state index >= 15 is 0 Å². The van der Waals surface area contributed by atoms with Crippen LogP contribution >= 0.6 is 23.4 Å². The van der Waals surface area contributed by atoms with Crippen LogP contribution in [0.4, 0.5) is 0 Å². The van der Waals surface area contributed by atoms with E-state index in [2.05, 4.69) is 16.0 Å². The Morgan fingerprint density at radius 2 is 1.86 bits per heavy atom. The van der Waals surface area contributed by atoms with E-state index in [1.54, 1.807) is 18.0 Å². The number of carbonyl (C=O) groups excluding carboxylic acids is 1. The molecule has 0 aliphatic rings. The lowest BCUT2D eigenvalue weighted by molar-refractivity contribution is -0.106. The molecule has 0 saturated carbocycles. The van der Waals surface area contributed by atoms with Crippen molar-refractivity contribution in [3.63, 3.8) is 0 Å². The third-order valence-corrected chi connectivity index (χ3v) is 3.60. The average Bonchev–Trinajstić information content (AvgIpc) is 2.67. The fraction of sp³-hybridized carbons (Fsp3) is 0.286. The van der Waals surface area contributed by atoms with E-state index in [1.807, 2.05) is 68.8 Å². The predicted octanol–water partition coefficient (Wildman–Crippen LogP) is 4.65. The van der Waals surface area contributed by atoms with Gasteiger partial charge in [-0.3, -0.25) is 4.79 Å². The van der Waals surface area contributed by atoms with Gasteiger partial charge in [0.1, 0.15) is 13.7 Å². The van der Waals surface area contributed by atoms with Crippen LogP contribution in [0, 0.1) is 6.92 Å². The zero-order valence-corrected chi connectivity index (χ0v) is 19.0. The molecular weight excluding hydrogens is 410 g/mol. The number of oxime groups is 2. The van der Waals surface area contributed by atoms with Crippen molar-refractivity contribution < 1.29 is 14.5 Å². The molecule has 2 N–H and O–H groups in total. The number of nitrogens with zero attached hydrogens (tertiary/aromatic N) is 2. The van der Waals surface area contributed by atoms with Gasteiger partial charge >= 0.3 is 0 Å². The summed E-state index contributed by atoms with van der Waals surface area (Å²) in [6, 6.07) is 13.4. The Bertz CT molecular complexity index is 798. The maximum Gasteiger partial charge on any atom is 0.204 e. The lowest BCUT2D eigenvalue weighted by Gasteiger charge is -2.11. The van der Waals surface area contributed by atoms with Crippen LogP contribution in [0.3, 0.4) is 0 Å². The molecule has 6 nitrogen and oxygen atoms in total. The number of thioether (sulfide) groups is 1. The number of primary amides is 1.